The summed E-state index contributed by atoms with van der Waals surface area (Å²) >= 11 is 0. The van der Waals surface area contributed by atoms with Crippen molar-refractivity contribution in [1.82, 2.24) is 4.98 Å². The van der Waals surface area contributed by atoms with Crippen LogP contribution in [0, 0.1) is 0 Å². The predicted octanol–water partition coefficient (Wildman–Crippen LogP) is 4.98. The molecule has 0 atom stereocenters. The number of nitrogens with one attached hydrogen (secondary N) is 1. The SMILES string of the molecule is CCOc1cccc(-c2[nH]c3ccc(C(C)C)cc3c2CC(=O)O)c1. The number of hydrogen-bond donors (Lipinski definition) is 2. The maximum absolute atomic E-state index is 11.4. The Bertz CT molecular complexity index is 909. The predicted molar refractivity (Wildman–Crippen MR) is 100 cm³/mol. The number of carbonyl (C=O) groups is 1. The van der Waals surface area contributed by atoms with Gasteiger partial charge in [-0.25, -0.2) is 0 Å². The Labute approximate surface area is 147 Å². The average Bonchev–Trinajstić information content (AvgIpc) is 2.93. The molecule has 0 aliphatic carbocycles. The van der Waals surface area contributed by atoms with E-state index >= 15 is 0 Å². The molecule has 3 rings (SSSR count). The van der Waals surface area contributed by atoms with Crippen LogP contribution < -0.4 is 4.74 Å². The van der Waals surface area contributed by atoms with Crippen LogP contribution in [-0.2, 0) is 11.2 Å². The Morgan fingerprint density at radius 3 is 2.68 bits per heavy atom. The van der Waals surface area contributed by atoms with E-state index in [1.54, 1.807) is 0 Å². The second-order valence-electron chi connectivity index (χ2n) is 6.47. The maximum atomic E-state index is 11.4. The quantitative estimate of drug-likeness (QED) is 0.666. The molecule has 0 radical (unpaired) electrons. The van der Waals surface area contributed by atoms with Gasteiger partial charge in [-0.05, 0) is 48.2 Å². The topological polar surface area (TPSA) is 62.3 Å². The largest absolute Gasteiger partial charge is 0.494 e. The van der Waals surface area contributed by atoms with Crippen LogP contribution in [0.5, 0.6) is 5.75 Å². The third-order valence-electron chi connectivity index (χ3n) is 4.36. The van der Waals surface area contributed by atoms with E-state index in [0.717, 1.165) is 33.5 Å². The van der Waals surface area contributed by atoms with Gasteiger partial charge in [0.05, 0.1) is 18.7 Å². The van der Waals surface area contributed by atoms with Gasteiger partial charge >= 0.3 is 5.97 Å². The minimum absolute atomic E-state index is 0.0181. The fourth-order valence-corrected chi connectivity index (χ4v) is 3.11. The standard InChI is InChI=1S/C21H23NO3/c1-4-25-16-7-5-6-15(10-16)21-18(12-20(23)24)17-11-14(13(2)3)8-9-19(17)22-21/h5-11,13,22H,4,12H2,1-3H3,(H,23,24). The maximum Gasteiger partial charge on any atom is 0.307 e. The smallest absolute Gasteiger partial charge is 0.307 e. The number of rotatable bonds is 6. The van der Waals surface area contributed by atoms with Crippen LogP contribution in [0.25, 0.3) is 22.2 Å². The van der Waals surface area contributed by atoms with E-state index in [1.165, 1.54) is 5.56 Å². The zero-order valence-electron chi connectivity index (χ0n) is 14.8. The summed E-state index contributed by atoms with van der Waals surface area (Å²) in [6.07, 6.45) is -0.0181. The first kappa shape index (κ1) is 17.1. The summed E-state index contributed by atoms with van der Waals surface area (Å²) in [5.41, 5.74) is 4.76. The third kappa shape index (κ3) is 3.53. The van der Waals surface area contributed by atoms with E-state index in [4.69, 9.17) is 4.74 Å². The second kappa shape index (κ2) is 7.01. The highest BCUT2D eigenvalue weighted by molar-refractivity contribution is 5.94. The van der Waals surface area contributed by atoms with Crippen LogP contribution in [0.2, 0.25) is 0 Å². The summed E-state index contributed by atoms with van der Waals surface area (Å²) in [5, 5.41) is 10.4. The van der Waals surface area contributed by atoms with Crippen LogP contribution in [0.3, 0.4) is 0 Å². The monoisotopic (exact) mass is 337 g/mol. The lowest BCUT2D eigenvalue weighted by Gasteiger charge is -2.07. The molecule has 4 heteroatoms. The lowest BCUT2D eigenvalue weighted by Crippen LogP contribution is -2.01. The molecule has 2 aromatic carbocycles. The first-order valence-corrected chi connectivity index (χ1v) is 8.59. The summed E-state index contributed by atoms with van der Waals surface area (Å²) in [4.78, 5) is 14.8. The fraction of sp³-hybridized carbons (Fsp3) is 0.286. The zero-order valence-corrected chi connectivity index (χ0v) is 14.8. The molecule has 0 aliphatic heterocycles. The molecule has 0 aliphatic rings. The van der Waals surface area contributed by atoms with Crippen molar-refractivity contribution in [2.75, 3.05) is 6.61 Å². The third-order valence-corrected chi connectivity index (χ3v) is 4.36. The van der Waals surface area contributed by atoms with Crippen molar-refractivity contribution < 1.29 is 14.6 Å². The van der Waals surface area contributed by atoms with Crippen molar-refractivity contribution in [2.24, 2.45) is 0 Å². The highest BCUT2D eigenvalue weighted by Crippen LogP contribution is 2.34. The fourth-order valence-electron chi connectivity index (χ4n) is 3.11. The lowest BCUT2D eigenvalue weighted by atomic mass is 9.98. The van der Waals surface area contributed by atoms with E-state index in [1.807, 2.05) is 37.3 Å². The summed E-state index contributed by atoms with van der Waals surface area (Å²) in [7, 11) is 0. The highest BCUT2D eigenvalue weighted by Gasteiger charge is 2.17. The van der Waals surface area contributed by atoms with Gasteiger partial charge in [0.2, 0.25) is 0 Å². The number of fused-ring (bicyclic) bond motifs is 1. The number of aromatic amines is 1. The molecule has 4 nitrogen and oxygen atoms in total. The Morgan fingerprint density at radius 2 is 2.00 bits per heavy atom. The van der Waals surface area contributed by atoms with Crippen LogP contribution in [0.4, 0.5) is 0 Å². The summed E-state index contributed by atoms with van der Waals surface area (Å²) in [6.45, 7) is 6.81. The van der Waals surface area contributed by atoms with Gasteiger partial charge in [-0.3, -0.25) is 4.79 Å². The van der Waals surface area contributed by atoms with Gasteiger partial charge in [0, 0.05) is 16.5 Å². The number of hydrogen-bond acceptors (Lipinski definition) is 2. The molecule has 0 saturated heterocycles. The van der Waals surface area contributed by atoms with Gasteiger partial charge in [0.25, 0.3) is 0 Å². The van der Waals surface area contributed by atoms with Crippen LogP contribution in [-0.4, -0.2) is 22.7 Å². The second-order valence-corrected chi connectivity index (χ2v) is 6.47. The number of aromatic nitrogens is 1. The summed E-state index contributed by atoms with van der Waals surface area (Å²) < 4.78 is 5.58. The van der Waals surface area contributed by atoms with Crippen LogP contribution in [0.1, 0.15) is 37.8 Å². The molecule has 0 fully saturated rings. The van der Waals surface area contributed by atoms with E-state index in [2.05, 4.69) is 31.0 Å². The van der Waals surface area contributed by atoms with Gasteiger partial charge in [0.1, 0.15) is 5.75 Å². The Morgan fingerprint density at radius 1 is 1.20 bits per heavy atom. The molecule has 1 heterocycles. The minimum Gasteiger partial charge on any atom is -0.494 e. The van der Waals surface area contributed by atoms with Gasteiger partial charge in [0.15, 0.2) is 0 Å². The number of aliphatic carboxylic acids is 1. The molecule has 0 amide bonds. The molecule has 0 saturated carbocycles. The molecule has 0 spiro atoms. The van der Waals surface area contributed by atoms with Crippen LogP contribution in [0.15, 0.2) is 42.5 Å². The first-order valence-electron chi connectivity index (χ1n) is 8.59. The van der Waals surface area contributed by atoms with Gasteiger partial charge in [-0.1, -0.05) is 32.0 Å². The van der Waals surface area contributed by atoms with E-state index in [-0.39, 0.29) is 6.42 Å². The molecule has 0 bridgehead atoms. The first-order chi connectivity index (χ1) is 12.0. The molecule has 2 N–H and O–H groups in total. The highest BCUT2D eigenvalue weighted by atomic mass is 16.5. The normalized spacial score (nSPS) is 11.2. The molecule has 25 heavy (non-hydrogen) atoms. The Hall–Kier alpha value is -2.75. The van der Waals surface area contributed by atoms with Crippen molar-refractivity contribution in [3.8, 4) is 17.0 Å². The van der Waals surface area contributed by atoms with Crippen molar-refractivity contribution in [1.29, 1.82) is 0 Å². The summed E-state index contributed by atoms with van der Waals surface area (Å²) in [6, 6.07) is 14.0. The molecular formula is C21H23NO3. The average molecular weight is 337 g/mol. The molecular weight excluding hydrogens is 314 g/mol. The van der Waals surface area contributed by atoms with Crippen molar-refractivity contribution in [3.05, 3.63) is 53.6 Å². The Kier molecular flexibility index (Phi) is 4.79. The molecule has 1 aromatic heterocycles. The zero-order chi connectivity index (χ0) is 18.0. The lowest BCUT2D eigenvalue weighted by molar-refractivity contribution is -0.136. The molecule has 3 aromatic rings. The van der Waals surface area contributed by atoms with Gasteiger partial charge in [-0.15, -0.1) is 0 Å². The van der Waals surface area contributed by atoms with Crippen molar-refractivity contribution in [2.45, 2.75) is 33.1 Å². The molecule has 130 valence electrons. The van der Waals surface area contributed by atoms with E-state index < -0.39 is 5.97 Å². The van der Waals surface area contributed by atoms with E-state index in [9.17, 15) is 9.90 Å². The Balaban J connectivity index is 2.19. The summed E-state index contributed by atoms with van der Waals surface area (Å²) in [5.74, 6) is 0.336. The number of benzene rings is 2. The minimum atomic E-state index is -0.835. The van der Waals surface area contributed by atoms with Crippen molar-refractivity contribution in [3.63, 3.8) is 0 Å². The van der Waals surface area contributed by atoms with Gasteiger partial charge < -0.3 is 14.8 Å². The number of carboxylic acid groups (broad SMARTS) is 1. The number of H-pyrrole nitrogens is 1. The number of ether oxygens (including phenoxy) is 1. The van der Waals surface area contributed by atoms with Gasteiger partial charge in [-0.2, -0.15) is 0 Å². The van der Waals surface area contributed by atoms with E-state index in [0.29, 0.717) is 12.5 Å². The van der Waals surface area contributed by atoms with Crippen molar-refractivity contribution >= 4 is 16.9 Å². The number of carboxylic acids is 1. The molecule has 0 unspecified atom stereocenters. The van der Waals surface area contributed by atoms with Crippen LogP contribution >= 0.6 is 0 Å².